The van der Waals surface area contributed by atoms with Gasteiger partial charge in [0, 0.05) is 7.11 Å². The minimum absolute atomic E-state index is 0.0107. The Morgan fingerprint density at radius 1 is 0.481 bits per heavy atom. The van der Waals surface area contributed by atoms with E-state index in [9.17, 15) is 4.79 Å². The summed E-state index contributed by atoms with van der Waals surface area (Å²) >= 11 is 0. The van der Waals surface area contributed by atoms with Gasteiger partial charge in [-0.15, -0.1) is 0 Å². The molecule has 0 bridgehead atoms. The lowest BCUT2D eigenvalue weighted by atomic mass is 10.5. The lowest BCUT2D eigenvalue weighted by Gasteiger charge is -2.08. The van der Waals surface area contributed by atoms with E-state index in [1.54, 1.807) is 7.11 Å². The van der Waals surface area contributed by atoms with Gasteiger partial charge in [-0.1, -0.05) is 0 Å². The van der Waals surface area contributed by atoms with Gasteiger partial charge < -0.3 is 37.9 Å². The number of hydrogen-bond acceptors (Lipinski definition) is 9. The monoisotopic (exact) mass is 396 g/mol. The Hall–Kier alpha value is -0.650. The highest BCUT2D eigenvalue weighted by atomic mass is 16.6. The third-order valence-corrected chi connectivity index (χ3v) is 2.97. The van der Waals surface area contributed by atoms with Crippen LogP contribution in [-0.2, 0) is 42.7 Å². The number of methoxy groups -OCH3 is 1. The van der Waals surface area contributed by atoms with E-state index in [-0.39, 0.29) is 12.4 Å². The maximum atomic E-state index is 10.6. The summed E-state index contributed by atoms with van der Waals surface area (Å²) in [6.45, 7) is 8.92. The number of ether oxygens (including phenoxy) is 8. The van der Waals surface area contributed by atoms with Crippen LogP contribution in [0.5, 0.6) is 0 Å². The first kappa shape index (κ1) is 26.4. The highest BCUT2D eigenvalue weighted by Crippen LogP contribution is 1.85. The highest BCUT2D eigenvalue weighted by Gasteiger charge is 1.95. The highest BCUT2D eigenvalue weighted by molar-refractivity contribution is 5.76. The Labute approximate surface area is 162 Å². The smallest absolute Gasteiger partial charge is 0.155 e. The van der Waals surface area contributed by atoms with E-state index < -0.39 is 0 Å². The second-order valence-corrected chi connectivity index (χ2v) is 5.42. The summed E-state index contributed by atoms with van der Waals surface area (Å²) in [6, 6.07) is 0. The van der Waals surface area contributed by atoms with E-state index in [0.29, 0.717) is 92.5 Å². The molecule has 0 spiro atoms. The van der Waals surface area contributed by atoms with Crippen LogP contribution in [0, 0.1) is 0 Å². The Bertz CT molecular complexity index is 303. The molecule has 0 aromatic rings. The van der Waals surface area contributed by atoms with Crippen LogP contribution in [0.1, 0.15) is 6.92 Å². The van der Waals surface area contributed by atoms with E-state index in [4.69, 9.17) is 37.9 Å². The van der Waals surface area contributed by atoms with E-state index in [0.717, 1.165) is 0 Å². The molecule has 27 heavy (non-hydrogen) atoms. The van der Waals surface area contributed by atoms with Crippen molar-refractivity contribution in [2.24, 2.45) is 0 Å². The van der Waals surface area contributed by atoms with Gasteiger partial charge in [-0.05, 0) is 6.92 Å². The minimum atomic E-state index is 0.0107. The van der Waals surface area contributed by atoms with Crippen LogP contribution in [0.4, 0.5) is 0 Å². The average Bonchev–Trinajstić information content (AvgIpc) is 2.65. The van der Waals surface area contributed by atoms with Gasteiger partial charge in [0.15, 0.2) is 5.78 Å². The SMILES string of the molecule is COCCOCCOCCOCCOCCOCCOCCOCC(C)=O. The summed E-state index contributed by atoms with van der Waals surface area (Å²) in [4.78, 5) is 10.6. The molecule has 0 aliphatic carbocycles. The summed E-state index contributed by atoms with van der Waals surface area (Å²) in [7, 11) is 1.64. The fraction of sp³-hybridized carbons (Fsp3) is 0.944. The first-order valence-electron chi connectivity index (χ1n) is 9.30. The van der Waals surface area contributed by atoms with Crippen LogP contribution in [-0.4, -0.2) is 112 Å². The predicted molar refractivity (Wildman–Crippen MR) is 98.3 cm³/mol. The first-order valence-corrected chi connectivity index (χ1v) is 9.30. The number of hydrogen-bond donors (Lipinski definition) is 0. The molecule has 0 radical (unpaired) electrons. The van der Waals surface area contributed by atoms with Crippen molar-refractivity contribution in [2.75, 3.05) is 106 Å². The maximum absolute atomic E-state index is 10.6. The van der Waals surface area contributed by atoms with Gasteiger partial charge in [0.25, 0.3) is 0 Å². The van der Waals surface area contributed by atoms with Crippen molar-refractivity contribution in [1.29, 1.82) is 0 Å². The Balaban J connectivity index is 2.98. The summed E-state index contributed by atoms with van der Waals surface area (Å²) in [5.41, 5.74) is 0. The molecule has 0 fully saturated rings. The second kappa shape index (κ2) is 23.4. The zero-order valence-electron chi connectivity index (χ0n) is 16.8. The van der Waals surface area contributed by atoms with Crippen molar-refractivity contribution < 1.29 is 42.7 Å². The molecule has 0 aromatic carbocycles. The molecule has 162 valence electrons. The van der Waals surface area contributed by atoms with Gasteiger partial charge in [0.2, 0.25) is 0 Å². The van der Waals surface area contributed by atoms with E-state index in [1.807, 2.05) is 0 Å². The first-order chi connectivity index (χ1) is 13.3. The molecular weight excluding hydrogens is 360 g/mol. The lowest BCUT2D eigenvalue weighted by molar-refractivity contribution is -0.122. The van der Waals surface area contributed by atoms with Gasteiger partial charge >= 0.3 is 0 Å². The molecule has 0 heterocycles. The Morgan fingerprint density at radius 3 is 1.00 bits per heavy atom. The molecule has 0 N–H and O–H groups in total. The average molecular weight is 396 g/mol. The van der Waals surface area contributed by atoms with Crippen LogP contribution >= 0.6 is 0 Å². The number of ketones is 1. The molecule has 0 aromatic heterocycles. The van der Waals surface area contributed by atoms with Crippen LogP contribution in [0.25, 0.3) is 0 Å². The normalized spacial score (nSPS) is 11.2. The summed E-state index contributed by atoms with van der Waals surface area (Å²) in [6.07, 6.45) is 0. The van der Waals surface area contributed by atoms with E-state index in [1.165, 1.54) is 6.92 Å². The number of Topliss-reactive ketones (excluding diaryl/α,β-unsaturated/α-hetero) is 1. The molecule has 0 saturated carbocycles. The Kier molecular flexibility index (Phi) is 22.8. The van der Waals surface area contributed by atoms with Crippen molar-refractivity contribution in [3.63, 3.8) is 0 Å². The summed E-state index contributed by atoms with van der Waals surface area (Å²) < 4.78 is 42.0. The van der Waals surface area contributed by atoms with Crippen LogP contribution in [0.2, 0.25) is 0 Å². The molecule has 0 rings (SSSR count). The van der Waals surface area contributed by atoms with E-state index in [2.05, 4.69) is 0 Å². The van der Waals surface area contributed by atoms with Crippen molar-refractivity contribution in [2.45, 2.75) is 6.92 Å². The zero-order valence-corrected chi connectivity index (χ0v) is 16.8. The molecule has 0 unspecified atom stereocenters. The largest absolute Gasteiger partial charge is 0.382 e. The maximum Gasteiger partial charge on any atom is 0.155 e. The summed E-state index contributed by atoms with van der Waals surface area (Å²) in [5, 5.41) is 0. The predicted octanol–water partition coefficient (Wildman–Crippen LogP) is 0.338. The van der Waals surface area contributed by atoms with Gasteiger partial charge in [0.1, 0.15) is 6.61 Å². The van der Waals surface area contributed by atoms with Gasteiger partial charge in [-0.3, -0.25) is 4.79 Å². The molecule has 0 aliphatic rings. The van der Waals surface area contributed by atoms with Crippen molar-refractivity contribution in [3.05, 3.63) is 0 Å². The molecule has 0 aliphatic heterocycles. The molecule has 9 heteroatoms. The standard InChI is InChI=1S/C18H36O9/c1-18(19)17-27-16-15-26-14-13-25-12-11-24-10-9-23-8-7-22-6-5-21-4-3-20-2/h3-17H2,1-2H3. The van der Waals surface area contributed by atoms with Crippen molar-refractivity contribution in [1.82, 2.24) is 0 Å². The third kappa shape index (κ3) is 25.3. The van der Waals surface area contributed by atoms with Crippen LogP contribution in [0.15, 0.2) is 0 Å². The fourth-order valence-electron chi connectivity index (χ4n) is 1.68. The van der Waals surface area contributed by atoms with E-state index >= 15 is 0 Å². The molecule has 0 amide bonds. The summed E-state index contributed by atoms with van der Waals surface area (Å²) in [5.74, 6) is 0.0107. The Morgan fingerprint density at radius 2 is 0.741 bits per heavy atom. The topological polar surface area (TPSA) is 90.9 Å². The number of carbonyl (C=O) groups excluding carboxylic acids is 1. The lowest BCUT2D eigenvalue weighted by Crippen LogP contribution is -2.15. The number of rotatable bonds is 23. The third-order valence-electron chi connectivity index (χ3n) is 2.97. The minimum Gasteiger partial charge on any atom is -0.382 e. The van der Waals surface area contributed by atoms with Gasteiger partial charge in [-0.2, -0.15) is 0 Å². The van der Waals surface area contributed by atoms with Crippen molar-refractivity contribution in [3.8, 4) is 0 Å². The van der Waals surface area contributed by atoms with Crippen LogP contribution < -0.4 is 0 Å². The quantitative estimate of drug-likeness (QED) is 0.227. The fourth-order valence-corrected chi connectivity index (χ4v) is 1.68. The van der Waals surface area contributed by atoms with Gasteiger partial charge in [-0.25, -0.2) is 0 Å². The van der Waals surface area contributed by atoms with Crippen molar-refractivity contribution >= 4 is 5.78 Å². The molecule has 0 atom stereocenters. The second-order valence-electron chi connectivity index (χ2n) is 5.42. The molecule has 0 saturated heterocycles. The van der Waals surface area contributed by atoms with Gasteiger partial charge in [0.05, 0.1) is 92.5 Å². The molecular formula is C18H36O9. The zero-order chi connectivity index (χ0) is 19.8. The molecule has 9 nitrogen and oxygen atoms in total. The van der Waals surface area contributed by atoms with Crippen LogP contribution in [0.3, 0.4) is 0 Å². The number of carbonyl (C=O) groups is 1.